The number of nitrogens with zero attached hydrogens (tertiary/aromatic N) is 3. The predicted molar refractivity (Wildman–Crippen MR) is 100 cm³/mol. The Morgan fingerprint density at radius 3 is 2.67 bits per heavy atom. The summed E-state index contributed by atoms with van der Waals surface area (Å²) in [5.41, 5.74) is 0.747. The molecule has 0 unspecified atom stereocenters. The van der Waals surface area contributed by atoms with E-state index in [1.165, 1.54) is 11.3 Å². The number of amides is 1. The maximum Gasteiger partial charge on any atom is 0.268 e. The van der Waals surface area contributed by atoms with Crippen molar-refractivity contribution in [3.05, 3.63) is 57.0 Å². The van der Waals surface area contributed by atoms with Crippen LogP contribution in [0.25, 0.3) is 5.82 Å². The third kappa shape index (κ3) is 3.42. The number of carbonyl (C=O) groups excluding carboxylic acids is 1. The van der Waals surface area contributed by atoms with Gasteiger partial charge in [0.05, 0.1) is 5.69 Å². The Morgan fingerprint density at radius 1 is 1.29 bits per heavy atom. The van der Waals surface area contributed by atoms with Crippen molar-refractivity contribution in [2.45, 2.75) is 26.2 Å². The zero-order valence-electron chi connectivity index (χ0n) is 13.6. The van der Waals surface area contributed by atoms with Crippen molar-refractivity contribution in [1.29, 1.82) is 0 Å². The Morgan fingerprint density at radius 2 is 2.08 bits per heavy atom. The second kappa shape index (κ2) is 6.49. The summed E-state index contributed by atoms with van der Waals surface area (Å²) in [7, 11) is 0. The van der Waals surface area contributed by atoms with Gasteiger partial charge in [0.2, 0.25) is 0 Å². The highest BCUT2D eigenvalue weighted by Crippen LogP contribution is 2.28. The van der Waals surface area contributed by atoms with Crippen molar-refractivity contribution < 1.29 is 4.79 Å². The Bertz CT molecular complexity index is 864. The van der Waals surface area contributed by atoms with Gasteiger partial charge in [0.15, 0.2) is 5.82 Å². The second-order valence-corrected chi connectivity index (χ2v) is 8.09. The molecule has 0 aromatic carbocycles. The van der Waals surface area contributed by atoms with Gasteiger partial charge in [-0.3, -0.25) is 4.79 Å². The van der Waals surface area contributed by atoms with Gasteiger partial charge < -0.3 is 5.32 Å². The molecule has 1 amide bonds. The highest BCUT2D eigenvalue weighted by atomic mass is 79.9. The van der Waals surface area contributed by atoms with E-state index >= 15 is 0 Å². The topological polar surface area (TPSA) is 59.8 Å². The molecule has 0 radical (unpaired) electrons. The lowest BCUT2D eigenvalue weighted by molar-refractivity contribution is 0.102. The van der Waals surface area contributed by atoms with Crippen molar-refractivity contribution in [2.75, 3.05) is 5.32 Å². The van der Waals surface area contributed by atoms with Crippen LogP contribution in [-0.2, 0) is 5.41 Å². The molecule has 1 N–H and O–H groups in total. The summed E-state index contributed by atoms with van der Waals surface area (Å²) >= 11 is 4.78. The number of anilines is 1. The largest absolute Gasteiger partial charge is 0.306 e. The summed E-state index contributed by atoms with van der Waals surface area (Å²) in [4.78, 5) is 17.5. The summed E-state index contributed by atoms with van der Waals surface area (Å²) in [6.07, 6.45) is 1.70. The van der Waals surface area contributed by atoms with Crippen LogP contribution in [0.3, 0.4) is 0 Å². The van der Waals surface area contributed by atoms with Crippen molar-refractivity contribution in [3.63, 3.8) is 0 Å². The Balaban J connectivity index is 2.01. The summed E-state index contributed by atoms with van der Waals surface area (Å²) < 4.78 is 2.45. The first-order valence-electron chi connectivity index (χ1n) is 7.42. The summed E-state index contributed by atoms with van der Waals surface area (Å²) in [5, 5.41) is 9.46. The van der Waals surface area contributed by atoms with Crippen molar-refractivity contribution in [1.82, 2.24) is 14.8 Å². The lowest BCUT2D eigenvalue weighted by Crippen LogP contribution is -2.15. The van der Waals surface area contributed by atoms with Crippen LogP contribution in [0.15, 0.2) is 46.4 Å². The van der Waals surface area contributed by atoms with Crippen molar-refractivity contribution >= 4 is 39.0 Å². The summed E-state index contributed by atoms with van der Waals surface area (Å²) in [5.74, 6) is 1.09. The Kier molecular flexibility index (Phi) is 4.56. The average molecular weight is 405 g/mol. The number of thiophene rings is 1. The fourth-order valence-corrected chi connectivity index (χ4v) is 3.57. The zero-order chi connectivity index (χ0) is 17.3. The minimum atomic E-state index is -0.172. The molecule has 24 heavy (non-hydrogen) atoms. The highest BCUT2D eigenvalue weighted by molar-refractivity contribution is 9.10. The molecular weight excluding hydrogens is 388 g/mol. The molecule has 124 valence electrons. The van der Waals surface area contributed by atoms with Gasteiger partial charge in [-0.1, -0.05) is 26.8 Å². The number of aromatic nitrogens is 3. The van der Waals surface area contributed by atoms with Gasteiger partial charge in [0.25, 0.3) is 5.91 Å². The predicted octanol–water partition coefficient (Wildman–Crippen LogP) is 4.64. The molecule has 7 heteroatoms. The van der Waals surface area contributed by atoms with E-state index in [0.29, 0.717) is 16.5 Å². The molecule has 0 fully saturated rings. The van der Waals surface area contributed by atoms with E-state index in [0.717, 1.165) is 10.2 Å². The zero-order valence-corrected chi connectivity index (χ0v) is 16.0. The second-order valence-electron chi connectivity index (χ2n) is 6.32. The van der Waals surface area contributed by atoms with Crippen LogP contribution in [-0.4, -0.2) is 20.7 Å². The molecular formula is C17H17BrN4OS. The smallest absolute Gasteiger partial charge is 0.268 e. The lowest BCUT2D eigenvalue weighted by atomic mass is 9.92. The monoisotopic (exact) mass is 404 g/mol. The van der Waals surface area contributed by atoms with Crippen LogP contribution in [0.5, 0.6) is 0 Å². The van der Waals surface area contributed by atoms with E-state index in [9.17, 15) is 4.79 Å². The van der Waals surface area contributed by atoms with E-state index < -0.39 is 0 Å². The summed E-state index contributed by atoms with van der Waals surface area (Å²) in [6.45, 7) is 6.25. The van der Waals surface area contributed by atoms with E-state index in [1.807, 2.05) is 35.7 Å². The maximum atomic E-state index is 12.5. The van der Waals surface area contributed by atoms with E-state index in [1.54, 1.807) is 10.9 Å². The molecule has 0 saturated carbocycles. The fourth-order valence-electron chi connectivity index (χ4n) is 2.12. The minimum absolute atomic E-state index is 0.136. The van der Waals surface area contributed by atoms with E-state index in [-0.39, 0.29) is 11.3 Å². The number of carbonyl (C=O) groups is 1. The molecule has 0 aliphatic rings. The van der Waals surface area contributed by atoms with Crippen molar-refractivity contribution in [3.8, 4) is 5.82 Å². The molecule has 3 aromatic heterocycles. The number of pyridine rings is 1. The standard InChI is InChI=1S/C17H17BrN4OS/c1-17(2,3)12-10-14(20-16(23)15-11(18)7-9-24-15)22(21-12)13-6-4-5-8-19-13/h4-10H,1-3H3,(H,20,23). The molecule has 0 aliphatic carbocycles. The third-order valence-corrected chi connectivity index (χ3v) is 5.25. The van der Waals surface area contributed by atoms with Gasteiger partial charge in [0, 0.05) is 22.2 Å². The third-order valence-electron chi connectivity index (χ3n) is 3.41. The van der Waals surface area contributed by atoms with Crippen LogP contribution < -0.4 is 5.32 Å². The minimum Gasteiger partial charge on any atom is -0.306 e. The number of hydrogen-bond acceptors (Lipinski definition) is 4. The highest BCUT2D eigenvalue weighted by Gasteiger charge is 2.22. The molecule has 5 nitrogen and oxygen atoms in total. The van der Waals surface area contributed by atoms with Crippen molar-refractivity contribution in [2.24, 2.45) is 0 Å². The normalized spacial score (nSPS) is 11.5. The molecule has 0 spiro atoms. The number of hydrogen-bond donors (Lipinski definition) is 1. The van der Waals surface area contributed by atoms with Crippen LogP contribution >= 0.6 is 27.3 Å². The van der Waals surface area contributed by atoms with Gasteiger partial charge in [-0.2, -0.15) is 9.78 Å². The van der Waals surface area contributed by atoms with E-state index in [2.05, 4.69) is 52.1 Å². The SMILES string of the molecule is CC(C)(C)c1cc(NC(=O)c2sccc2Br)n(-c2ccccn2)n1. The first-order valence-corrected chi connectivity index (χ1v) is 9.10. The number of halogens is 1. The van der Waals surface area contributed by atoms with Crippen LogP contribution in [0.4, 0.5) is 5.82 Å². The quantitative estimate of drug-likeness (QED) is 0.691. The molecule has 3 rings (SSSR count). The van der Waals surface area contributed by atoms with Gasteiger partial charge >= 0.3 is 0 Å². The van der Waals surface area contributed by atoms with Crippen LogP contribution in [0.1, 0.15) is 36.1 Å². The Hall–Kier alpha value is -1.99. The van der Waals surface area contributed by atoms with Gasteiger partial charge in [0.1, 0.15) is 10.7 Å². The summed E-state index contributed by atoms with van der Waals surface area (Å²) in [6, 6.07) is 9.35. The number of rotatable bonds is 3. The van der Waals surface area contributed by atoms with Gasteiger partial charge in [-0.25, -0.2) is 4.98 Å². The molecule has 3 aromatic rings. The maximum absolute atomic E-state index is 12.5. The molecule has 0 atom stereocenters. The Labute approximate surface area is 152 Å². The number of nitrogens with one attached hydrogen (secondary N) is 1. The molecule has 3 heterocycles. The molecule has 0 aliphatic heterocycles. The molecule has 0 bridgehead atoms. The molecule has 0 saturated heterocycles. The first kappa shape index (κ1) is 16.9. The van der Waals surface area contributed by atoms with Crippen LogP contribution in [0, 0.1) is 0 Å². The van der Waals surface area contributed by atoms with Gasteiger partial charge in [-0.05, 0) is 39.5 Å². The first-order chi connectivity index (χ1) is 11.4. The lowest BCUT2D eigenvalue weighted by Gasteiger charge is -2.13. The van der Waals surface area contributed by atoms with E-state index in [4.69, 9.17) is 0 Å². The van der Waals surface area contributed by atoms with Crippen LogP contribution in [0.2, 0.25) is 0 Å². The fraction of sp³-hybridized carbons (Fsp3) is 0.235. The average Bonchev–Trinajstić information content (AvgIpc) is 3.14. The van der Waals surface area contributed by atoms with Gasteiger partial charge in [-0.15, -0.1) is 11.3 Å².